The summed E-state index contributed by atoms with van der Waals surface area (Å²) in [6, 6.07) is 5.35. The van der Waals surface area contributed by atoms with Gasteiger partial charge in [0.2, 0.25) is 5.91 Å². The van der Waals surface area contributed by atoms with Gasteiger partial charge in [-0.25, -0.2) is 9.59 Å². The predicted octanol–water partition coefficient (Wildman–Crippen LogP) is 3.58. The zero-order valence-electron chi connectivity index (χ0n) is 17.4. The Hall–Kier alpha value is -2.62. The Morgan fingerprint density at radius 3 is 2.47 bits per heavy atom. The van der Waals surface area contributed by atoms with Crippen molar-refractivity contribution in [3.63, 3.8) is 0 Å². The lowest BCUT2D eigenvalue weighted by Crippen LogP contribution is -2.47. The second kappa shape index (κ2) is 10.4. The second-order valence-electron chi connectivity index (χ2n) is 7.62. The summed E-state index contributed by atoms with van der Waals surface area (Å²) in [5.41, 5.74) is 0.137. The van der Waals surface area contributed by atoms with Gasteiger partial charge >= 0.3 is 12.1 Å². The molecule has 0 radical (unpaired) electrons. The first-order valence-electron chi connectivity index (χ1n) is 9.53. The highest BCUT2D eigenvalue weighted by molar-refractivity contribution is 9.18. The largest absolute Gasteiger partial charge is 0.462 e. The molecule has 30 heavy (non-hydrogen) atoms. The molecule has 0 aromatic heterocycles. The normalized spacial score (nSPS) is 16.7. The number of rotatable bonds is 7. The van der Waals surface area contributed by atoms with Crippen LogP contribution in [-0.4, -0.2) is 46.9 Å². The molecular formula is C20H26BrN3O6. The third-order valence-corrected chi connectivity index (χ3v) is 4.34. The third-order valence-electron chi connectivity index (χ3n) is 3.87. The van der Waals surface area contributed by atoms with E-state index in [4.69, 9.17) is 14.3 Å². The molecule has 2 rings (SSSR count). The van der Waals surface area contributed by atoms with Crippen LogP contribution in [0.5, 0.6) is 0 Å². The van der Waals surface area contributed by atoms with Gasteiger partial charge in [0.15, 0.2) is 0 Å². The van der Waals surface area contributed by atoms with Gasteiger partial charge in [-0.1, -0.05) is 5.16 Å². The molecule has 0 spiro atoms. The van der Waals surface area contributed by atoms with Crippen molar-refractivity contribution in [1.29, 1.82) is 0 Å². The maximum absolute atomic E-state index is 12.8. The number of amides is 2. The van der Waals surface area contributed by atoms with Crippen molar-refractivity contribution in [3.8, 4) is 0 Å². The number of halogens is 1. The molecule has 2 N–H and O–H groups in total. The van der Waals surface area contributed by atoms with Crippen LogP contribution in [0.1, 0.15) is 50.9 Å². The maximum atomic E-state index is 12.8. The highest BCUT2D eigenvalue weighted by Crippen LogP contribution is 2.20. The molecule has 1 aromatic carbocycles. The molecule has 1 heterocycles. The van der Waals surface area contributed by atoms with Gasteiger partial charge in [-0.2, -0.15) is 0 Å². The zero-order valence-corrected chi connectivity index (χ0v) is 18.9. The maximum Gasteiger partial charge on any atom is 0.408 e. The second-order valence-corrected chi connectivity index (χ2v) is 8.54. The first kappa shape index (κ1) is 23.7. The van der Waals surface area contributed by atoms with Crippen LogP contribution in [0.3, 0.4) is 0 Å². The molecular weight excluding hydrogens is 458 g/mol. The molecule has 0 saturated heterocycles. The molecule has 0 saturated carbocycles. The SMILES string of the molecule is CCOC(=O)c1ccc(NC(=O)C(CC2CC(Br)=NO2)NC(=O)OC(C)(C)C)cc1. The van der Waals surface area contributed by atoms with Crippen LogP contribution in [0.25, 0.3) is 0 Å². The summed E-state index contributed by atoms with van der Waals surface area (Å²) in [4.78, 5) is 42.0. The molecule has 2 amide bonds. The monoisotopic (exact) mass is 483 g/mol. The van der Waals surface area contributed by atoms with Gasteiger partial charge in [0.1, 0.15) is 22.4 Å². The van der Waals surface area contributed by atoms with E-state index >= 15 is 0 Å². The van der Waals surface area contributed by atoms with Crippen molar-refractivity contribution in [3.05, 3.63) is 29.8 Å². The minimum Gasteiger partial charge on any atom is -0.462 e. The number of hydrogen-bond donors (Lipinski definition) is 2. The summed E-state index contributed by atoms with van der Waals surface area (Å²) in [7, 11) is 0. The van der Waals surface area contributed by atoms with Gasteiger partial charge in [0.25, 0.3) is 0 Å². The zero-order chi connectivity index (χ0) is 22.3. The Bertz CT molecular complexity index is 804. The van der Waals surface area contributed by atoms with Gasteiger partial charge in [-0.15, -0.1) is 0 Å². The molecule has 1 aliphatic rings. The first-order valence-corrected chi connectivity index (χ1v) is 10.3. The van der Waals surface area contributed by atoms with Gasteiger partial charge in [0, 0.05) is 18.5 Å². The summed E-state index contributed by atoms with van der Waals surface area (Å²) in [6.45, 7) is 7.20. The van der Waals surface area contributed by atoms with E-state index in [0.717, 1.165) is 0 Å². The molecule has 0 fully saturated rings. The lowest BCUT2D eigenvalue weighted by Gasteiger charge is -2.24. The summed E-state index contributed by atoms with van der Waals surface area (Å²) in [5, 5.41) is 9.12. The van der Waals surface area contributed by atoms with Crippen LogP contribution in [0.4, 0.5) is 10.5 Å². The predicted molar refractivity (Wildman–Crippen MR) is 115 cm³/mol. The number of nitrogens with zero attached hydrogens (tertiary/aromatic N) is 1. The first-order chi connectivity index (χ1) is 14.1. The van der Waals surface area contributed by atoms with Gasteiger partial charge in [0.05, 0.1) is 12.2 Å². The smallest absolute Gasteiger partial charge is 0.408 e. The molecule has 2 atom stereocenters. The minimum absolute atomic E-state index is 0.199. The quantitative estimate of drug-likeness (QED) is 0.572. The number of alkyl carbamates (subject to hydrolysis) is 1. The molecule has 0 aliphatic carbocycles. The summed E-state index contributed by atoms with van der Waals surface area (Å²) in [5.74, 6) is -0.889. The van der Waals surface area contributed by atoms with Gasteiger partial charge in [-0.3, -0.25) is 4.79 Å². The van der Waals surface area contributed by atoms with Crippen LogP contribution in [0.2, 0.25) is 0 Å². The number of carbonyl (C=O) groups excluding carboxylic acids is 3. The van der Waals surface area contributed by atoms with Crippen LogP contribution in [0.15, 0.2) is 29.4 Å². The van der Waals surface area contributed by atoms with Crippen LogP contribution < -0.4 is 10.6 Å². The number of oxime groups is 1. The lowest BCUT2D eigenvalue weighted by atomic mass is 10.1. The van der Waals surface area contributed by atoms with Crippen molar-refractivity contribution in [1.82, 2.24) is 5.32 Å². The molecule has 0 bridgehead atoms. The number of esters is 1. The van der Waals surface area contributed by atoms with E-state index in [0.29, 0.717) is 22.3 Å². The van der Waals surface area contributed by atoms with Crippen molar-refractivity contribution in [2.45, 2.75) is 58.3 Å². The molecule has 2 unspecified atom stereocenters. The Morgan fingerprint density at radius 2 is 1.93 bits per heavy atom. The summed E-state index contributed by atoms with van der Waals surface area (Å²) in [6.07, 6.45) is -0.381. The molecule has 1 aromatic rings. The highest BCUT2D eigenvalue weighted by Gasteiger charge is 2.30. The van der Waals surface area contributed by atoms with Gasteiger partial charge in [-0.05, 0) is 67.9 Å². The molecule has 10 heteroatoms. The fourth-order valence-electron chi connectivity index (χ4n) is 2.60. The molecule has 9 nitrogen and oxygen atoms in total. The van der Waals surface area contributed by atoms with Crippen LogP contribution in [0, 0.1) is 0 Å². The number of anilines is 1. The minimum atomic E-state index is -0.914. The average Bonchev–Trinajstić information content (AvgIpc) is 3.05. The number of ether oxygens (including phenoxy) is 2. The van der Waals surface area contributed by atoms with E-state index < -0.39 is 29.6 Å². The number of nitrogens with one attached hydrogen (secondary N) is 2. The topological polar surface area (TPSA) is 115 Å². The van der Waals surface area contributed by atoms with E-state index in [-0.39, 0.29) is 19.1 Å². The number of carbonyl (C=O) groups is 3. The van der Waals surface area contributed by atoms with Crippen molar-refractivity contribution in [2.75, 3.05) is 11.9 Å². The Labute approximate surface area is 183 Å². The summed E-state index contributed by atoms with van der Waals surface area (Å²) >= 11 is 3.25. The fraction of sp³-hybridized carbons (Fsp3) is 0.500. The Morgan fingerprint density at radius 1 is 1.27 bits per heavy atom. The highest BCUT2D eigenvalue weighted by atomic mass is 79.9. The van der Waals surface area contributed by atoms with Crippen molar-refractivity contribution < 1.29 is 28.7 Å². The van der Waals surface area contributed by atoms with Crippen molar-refractivity contribution >= 4 is 44.2 Å². The fourth-order valence-corrected chi connectivity index (χ4v) is 3.04. The van der Waals surface area contributed by atoms with E-state index in [9.17, 15) is 14.4 Å². The molecule has 1 aliphatic heterocycles. The van der Waals surface area contributed by atoms with Crippen LogP contribution in [-0.2, 0) is 19.1 Å². The third kappa shape index (κ3) is 7.66. The summed E-state index contributed by atoms with van der Waals surface area (Å²) < 4.78 is 10.8. The van der Waals surface area contributed by atoms with E-state index in [2.05, 4.69) is 31.7 Å². The molecule has 164 valence electrons. The average molecular weight is 484 g/mol. The van der Waals surface area contributed by atoms with Gasteiger partial charge < -0.3 is 24.9 Å². The van der Waals surface area contributed by atoms with E-state index in [1.807, 2.05) is 0 Å². The Kier molecular flexibility index (Phi) is 8.22. The Balaban J connectivity index is 2.05. The standard InChI is InChI=1S/C20H26BrN3O6/c1-5-28-18(26)12-6-8-13(9-7-12)22-17(25)15(10-14-11-16(21)24-30-14)23-19(27)29-20(2,3)4/h6-9,14-15H,5,10-11H2,1-4H3,(H,22,25)(H,23,27). The van der Waals surface area contributed by atoms with E-state index in [1.54, 1.807) is 52.0 Å². The number of benzene rings is 1. The number of hydrogen-bond acceptors (Lipinski definition) is 7. The lowest BCUT2D eigenvalue weighted by molar-refractivity contribution is -0.119. The van der Waals surface area contributed by atoms with Crippen LogP contribution >= 0.6 is 15.9 Å². The van der Waals surface area contributed by atoms with Crippen molar-refractivity contribution in [2.24, 2.45) is 5.16 Å². The van der Waals surface area contributed by atoms with E-state index in [1.165, 1.54) is 0 Å².